The van der Waals surface area contributed by atoms with Crippen molar-refractivity contribution in [3.63, 3.8) is 0 Å². The minimum atomic E-state index is -2.53. The van der Waals surface area contributed by atoms with E-state index in [0.717, 1.165) is 18.4 Å². The van der Waals surface area contributed by atoms with Crippen LogP contribution in [0.4, 0.5) is 0 Å². The number of hydrogen-bond acceptors (Lipinski definition) is 4. The summed E-state index contributed by atoms with van der Waals surface area (Å²) < 4.78 is 16.0. The lowest BCUT2D eigenvalue weighted by atomic mass is 10.2. The lowest BCUT2D eigenvalue weighted by Crippen LogP contribution is -2.50. The van der Waals surface area contributed by atoms with Gasteiger partial charge in [-0.15, -0.1) is 0 Å². The molecule has 0 aromatic rings. The Bertz CT molecular complexity index is 122. The van der Waals surface area contributed by atoms with E-state index in [0.29, 0.717) is 6.54 Å². The SMILES string of the molecule is CC[C](CCN)[Si](OC)(OC)OC. The maximum atomic E-state index is 5.50. The van der Waals surface area contributed by atoms with E-state index in [-0.39, 0.29) is 0 Å². The summed E-state index contributed by atoms with van der Waals surface area (Å²) in [5.74, 6) is 0. The molecule has 0 unspecified atom stereocenters. The standard InChI is InChI=1S/C8H20NO3Si/c1-5-8(6-7-9)13(10-2,11-3)12-4/h5-7,9H2,1-4H3. The fourth-order valence-electron chi connectivity index (χ4n) is 1.40. The number of nitrogens with two attached hydrogens (primary N) is 1. The van der Waals surface area contributed by atoms with Crippen LogP contribution in [0.2, 0.25) is 0 Å². The Balaban J connectivity index is 4.45. The monoisotopic (exact) mass is 206 g/mol. The molecule has 0 fully saturated rings. The van der Waals surface area contributed by atoms with Gasteiger partial charge in [-0.1, -0.05) is 6.92 Å². The highest BCUT2D eigenvalue weighted by atomic mass is 28.4. The zero-order valence-corrected chi connectivity index (χ0v) is 9.92. The molecular weight excluding hydrogens is 186 g/mol. The van der Waals surface area contributed by atoms with Crippen LogP contribution >= 0.6 is 0 Å². The minimum absolute atomic E-state index is 0.605. The van der Waals surface area contributed by atoms with Crippen LogP contribution in [-0.2, 0) is 13.3 Å². The zero-order valence-electron chi connectivity index (χ0n) is 8.92. The summed E-state index contributed by atoms with van der Waals surface area (Å²) in [5, 5.41) is 0. The Hall–Kier alpha value is 0.0569. The fourth-order valence-corrected chi connectivity index (χ4v) is 3.65. The van der Waals surface area contributed by atoms with Gasteiger partial charge in [-0.05, 0) is 19.4 Å². The molecule has 0 aromatic heterocycles. The highest BCUT2D eigenvalue weighted by Gasteiger charge is 2.46. The van der Waals surface area contributed by atoms with E-state index in [4.69, 9.17) is 19.0 Å². The topological polar surface area (TPSA) is 53.7 Å². The molecule has 0 saturated heterocycles. The van der Waals surface area contributed by atoms with Crippen molar-refractivity contribution in [3.05, 3.63) is 5.54 Å². The summed E-state index contributed by atoms with van der Waals surface area (Å²) in [6.45, 7) is 2.66. The summed E-state index contributed by atoms with van der Waals surface area (Å²) in [6.07, 6.45) is 1.69. The Kier molecular flexibility index (Phi) is 6.53. The van der Waals surface area contributed by atoms with Crippen LogP contribution in [0, 0.1) is 5.54 Å². The third kappa shape index (κ3) is 3.03. The molecule has 0 bridgehead atoms. The molecule has 13 heavy (non-hydrogen) atoms. The second kappa shape index (κ2) is 6.50. The van der Waals surface area contributed by atoms with Crippen molar-refractivity contribution in [1.82, 2.24) is 0 Å². The predicted octanol–water partition coefficient (Wildman–Crippen LogP) is 0.737. The number of rotatable bonds is 7. The van der Waals surface area contributed by atoms with E-state index < -0.39 is 8.80 Å². The van der Waals surface area contributed by atoms with E-state index in [2.05, 4.69) is 6.92 Å². The highest BCUT2D eigenvalue weighted by molar-refractivity contribution is 6.66. The van der Waals surface area contributed by atoms with Crippen molar-refractivity contribution in [2.45, 2.75) is 19.8 Å². The van der Waals surface area contributed by atoms with Gasteiger partial charge in [0.05, 0.1) is 5.54 Å². The lowest BCUT2D eigenvalue weighted by Gasteiger charge is -2.31. The second-order valence-corrected chi connectivity index (χ2v) is 5.71. The molecule has 0 spiro atoms. The van der Waals surface area contributed by atoms with Crippen molar-refractivity contribution in [3.8, 4) is 0 Å². The molecular formula is C8H20NO3Si. The quantitative estimate of drug-likeness (QED) is 0.624. The third-order valence-corrected chi connectivity index (χ3v) is 5.19. The molecule has 4 nitrogen and oxygen atoms in total. The van der Waals surface area contributed by atoms with Crippen molar-refractivity contribution in [1.29, 1.82) is 0 Å². The molecule has 0 rings (SSSR count). The molecule has 0 amide bonds. The van der Waals surface area contributed by atoms with E-state index >= 15 is 0 Å². The van der Waals surface area contributed by atoms with E-state index in [1.165, 1.54) is 0 Å². The molecule has 1 radical (unpaired) electrons. The van der Waals surface area contributed by atoms with Crippen molar-refractivity contribution in [2.24, 2.45) is 5.73 Å². The van der Waals surface area contributed by atoms with Gasteiger partial charge in [0.2, 0.25) is 0 Å². The molecule has 2 N–H and O–H groups in total. The van der Waals surface area contributed by atoms with Crippen LogP contribution in [0.3, 0.4) is 0 Å². The van der Waals surface area contributed by atoms with Crippen LogP contribution in [0.25, 0.3) is 0 Å². The maximum absolute atomic E-state index is 5.50. The Morgan fingerprint density at radius 3 is 1.85 bits per heavy atom. The second-order valence-electron chi connectivity index (χ2n) is 2.66. The Labute approximate surface area is 81.7 Å². The van der Waals surface area contributed by atoms with Crippen molar-refractivity contribution >= 4 is 8.80 Å². The summed E-state index contributed by atoms with van der Waals surface area (Å²) in [6, 6.07) is 0. The van der Waals surface area contributed by atoms with Crippen molar-refractivity contribution < 1.29 is 13.3 Å². The molecule has 0 atom stereocenters. The largest absolute Gasteiger partial charge is 0.507 e. The zero-order chi connectivity index (χ0) is 10.3. The average Bonchev–Trinajstić information content (AvgIpc) is 2.19. The van der Waals surface area contributed by atoms with Gasteiger partial charge >= 0.3 is 8.80 Å². The van der Waals surface area contributed by atoms with Crippen LogP contribution in [0.5, 0.6) is 0 Å². The fraction of sp³-hybridized carbons (Fsp3) is 0.875. The summed E-state index contributed by atoms with van der Waals surface area (Å²) in [4.78, 5) is 0. The van der Waals surface area contributed by atoms with Crippen LogP contribution in [0.1, 0.15) is 19.8 Å². The maximum Gasteiger partial charge on any atom is 0.507 e. The van der Waals surface area contributed by atoms with Gasteiger partial charge in [-0.2, -0.15) is 0 Å². The minimum Gasteiger partial charge on any atom is -0.376 e. The molecule has 0 aliphatic rings. The van der Waals surface area contributed by atoms with Gasteiger partial charge in [0.15, 0.2) is 0 Å². The normalized spacial score (nSPS) is 12.5. The van der Waals surface area contributed by atoms with Crippen LogP contribution in [-0.4, -0.2) is 36.7 Å². The lowest BCUT2D eigenvalue weighted by molar-refractivity contribution is 0.124. The smallest absolute Gasteiger partial charge is 0.376 e. The summed E-state index contributed by atoms with van der Waals surface area (Å²) in [5.41, 5.74) is 6.66. The van der Waals surface area contributed by atoms with Crippen LogP contribution < -0.4 is 5.73 Å². The first-order valence-corrected chi connectivity index (χ1v) is 6.13. The Morgan fingerprint density at radius 1 is 1.15 bits per heavy atom. The van der Waals surface area contributed by atoms with E-state index in [1.807, 2.05) is 0 Å². The van der Waals surface area contributed by atoms with Gasteiger partial charge < -0.3 is 19.0 Å². The van der Waals surface area contributed by atoms with E-state index in [9.17, 15) is 0 Å². The van der Waals surface area contributed by atoms with Gasteiger partial charge in [0.1, 0.15) is 0 Å². The molecule has 0 aliphatic heterocycles. The predicted molar refractivity (Wildman–Crippen MR) is 54.0 cm³/mol. The molecule has 5 heteroatoms. The first-order chi connectivity index (χ1) is 6.20. The molecule has 0 aromatic carbocycles. The first kappa shape index (κ1) is 13.1. The molecule has 0 saturated carbocycles. The molecule has 79 valence electrons. The van der Waals surface area contributed by atoms with Crippen molar-refractivity contribution in [2.75, 3.05) is 27.9 Å². The van der Waals surface area contributed by atoms with E-state index in [1.54, 1.807) is 21.3 Å². The van der Waals surface area contributed by atoms with Gasteiger partial charge in [-0.3, -0.25) is 0 Å². The number of hydrogen-bond donors (Lipinski definition) is 1. The van der Waals surface area contributed by atoms with Gasteiger partial charge in [0.25, 0.3) is 0 Å². The Morgan fingerprint density at radius 2 is 1.62 bits per heavy atom. The molecule has 0 aliphatic carbocycles. The van der Waals surface area contributed by atoms with Gasteiger partial charge in [-0.25, -0.2) is 0 Å². The van der Waals surface area contributed by atoms with Crippen LogP contribution in [0.15, 0.2) is 0 Å². The third-order valence-electron chi connectivity index (χ3n) is 2.11. The summed E-state index contributed by atoms with van der Waals surface area (Å²) in [7, 11) is 2.32. The van der Waals surface area contributed by atoms with Gasteiger partial charge in [0, 0.05) is 21.3 Å². The first-order valence-electron chi connectivity index (χ1n) is 4.41. The summed E-state index contributed by atoms with van der Waals surface area (Å²) >= 11 is 0. The average molecular weight is 206 g/mol. The molecule has 0 heterocycles. The highest BCUT2D eigenvalue weighted by Crippen LogP contribution is 2.26.